The molecule has 2 N–H and O–H groups in total. The van der Waals surface area contributed by atoms with Gasteiger partial charge in [0, 0.05) is 45.1 Å². The second-order valence-electron chi connectivity index (χ2n) is 9.13. The highest BCUT2D eigenvalue weighted by Crippen LogP contribution is 2.47. The average molecular weight is 609 g/mol. The van der Waals surface area contributed by atoms with Crippen molar-refractivity contribution in [2.45, 2.75) is 64.6 Å². The highest BCUT2D eigenvalue weighted by Gasteiger charge is 2.53. The number of benzene rings is 1. The number of piperidine rings is 1. The number of rotatable bonds is 8. The van der Waals surface area contributed by atoms with Gasteiger partial charge in [-0.2, -0.15) is 0 Å². The van der Waals surface area contributed by atoms with Crippen LogP contribution < -0.4 is 26.5 Å². The minimum absolute atomic E-state index is 0. The third-order valence-corrected chi connectivity index (χ3v) is 6.97. The van der Waals surface area contributed by atoms with Crippen molar-refractivity contribution >= 4 is 40.9 Å². The first-order chi connectivity index (χ1) is 15.0. The lowest BCUT2D eigenvalue weighted by Gasteiger charge is -2.48. The Morgan fingerprint density at radius 2 is 1.53 bits per heavy atom. The standard InChI is InChI=1S/C23H29NO8.2BrH/c1-13(25)31-20-7-4-15(8-21(20)32-14(2)26)12-24(3)17-5-6-18(24)10-16(9-17)19(23(29)30)11-22(27)28;;/h4,7-8,16-19H,5-6,9-12H2,1-3H3,(H-,27,28,29,30);2*1H. The fraction of sp³-hybridized carbons (Fsp3) is 0.565. The van der Waals surface area contributed by atoms with Crippen molar-refractivity contribution in [1.29, 1.82) is 0 Å². The van der Waals surface area contributed by atoms with Crippen LogP contribution in [0.3, 0.4) is 0 Å². The normalized spacial score (nSPS) is 25.8. The minimum Gasteiger partial charge on any atom is -1.00 e. The zero-order valence-electron chi connectivity index (χ0n) is 19.4. The van der Waals surface area contributed by atoms with Gasteiger partial charge in [0.25, 0.3) is 0 Å². The maximum atomic E-state index is 11.7. The van der Waals surface area contributed by atoms with Crippen molar-refractivity contribution in [2.75, 3.05) is 7.05 Å². The van der Waals surface area contributed by atoms with Gasteiger partial charge in [-0.25, -0.2) is 0 Å². The molecule has 0 amide bonds. The van der Waals surface area contributed by atoms with Gasteiger partial charge >= 0.3 is 23.9 Å². The fourth-order valence-electron chi connectivity index (χ4n) is 5.53. The van der Waals surface area contributed by atoms with Gasteiger partial charge in [0.15, 0.2) is 11.5 Å². The number of hydrogen-bond donors (Lipinski definition) is 2. The predicted molar refractivity (Wildman–Crippen MR) is 122 cm³/mol. The van der Waals surface area contributed by atoms with Crippen molar-refractivity contribution in [3.8, 4) is 11.5 Å². The number of carbonyl (C=O) groups excluding carboxylic acids is 2. The number of carboxylic acid groups (broad SMARTS) is 2. The van der Waals surface area contributed by atoms with Crippen LogP contribution in [0.25, 0.3) is 0 Å². The maximum absolute atomic E-state index is 11.7. The highest BCUT2D eigenvalue weighted by atomic mass is 79.9. The summed E-state index contributed by atoms with van der Waals surface area (Å²) in [6, 6.07) is 5.60. The van der Waals surface area contributed by atoms with Crippen LogP contribution in [-0.4, -0.2) is 57.7 Å². The Morgan fingerprint density at radius 3 is 2.00 bits per heavy atom. The SMILES string of the molecule is Br.CC(=O)Oc1ccc(C[N+]2(C)C3CCC2CC(C(CC(=O)O)C(=O)O)C3)cc1OC(C)=O.[Br-]. The zero-order valence-corrected chi connectivity index (χ0v) is 22.7. The Balaban J connectivity index is 0.00000289. The molecular weight excluding hydrogens is 578 g/mol. The summed E-state index contributed by atoms with van der Waals surface area (Å²) in [4.78, 5) is 45.7. The summed E-state index contributed by atoms with van der Waals surface area (Å²) >= 11 is 0. The Hall–Kier alpha value is -1.98. The first-order valence-corrected chi connectivity index (χ1v) is 10.8. The molecule has 2 bridgehead atoms. The van der Waals surface area contributed by atoms with Gasteiger partial charge in [-0.1, -0.05) is 0 Å². The summed E-state index contributed by atoms with van der Waals surface area (Å²) in [5.41, 5.74) is 0.912. The molecular formula is C23H31Br2NO8. The van der Waals surface area contributed by atoms with Crippen LogP contribution in [0.2, 0.25) is 0 Å². The van der Waals surface area contributed by atoms with E-state index in [-0.39, 0.29) is 69.9 Å². The molecule has 0 aromatic heterocycles. The lowest BCUT2D eigenvalue weighted by atomic mass is 9.78. The molecule has 2 heterocycles. The summed E-state index contributed by atoms with van der Waals surface area (Å²) in [6.45, 7) is 3.20. The third-order valence-electron chi connectivity index (χ3n) is 6.97. The van der Waals surface area contributed by atoms with Crippen LogP contribution in [0.4, 0.5) is 0 Å². The van der Waals surface area contributed by atoms with Crippen LogP contribution in [0.15, 0.2) is 18.2 Å². The summed E-state index contributed by atoms with van der Waals surface area (Å²) in [5.74, 6) is -3.82. The Labute approximate surface area is 219 Å². The molecule has 2 aliphatic rings. The van der Waals surface area contributed by atoms with Crippen molar-refractivity contribution in [3.05, 3.63) is 23.8 Å². The molecule has 2 fully saturated rings. The van der Waals surface area contributed by atoms with E-state index >= 15 is 0 Å². The third kappa shape index (κ3) is 6.79. The van der Waals surface area contributed by atoms with Gasteiger partial charge in [0.05, 0.1) is 31.5 Å². The summed E-state index contributed by atoms with van der Waals surface area (Å²) in [6.07, 6.45) is 2.89. The lowest BCUT2D eigenvalue weighted by Crippen LogP contribution is -3.00. The number of aliphatic carboxylic acids is 2. The maximum Gasteiger partial charge on any atom is 0.308 e. The molecule has 3 rings (SSSR count). The topological polar surface area (TPSA) is 127 Å². The second-order valence-corrected chi connectivity index (χ2v) is 9.13. The van der Waals surface area contributed by atoms with Crippen LogP contribution in [0.1, 0.15) is 51.5 Å². The molecule has 34 heavy (non-hydrogen) atoms. The number of carbonyl (C=O) groups is 4. The number of quaternary nitrogens is 1. The molecule has 2 aliphatic heterocycles. The van der Waals surface area contributed by atoms with Crippen molar-refractivity contribution in [3.63, 3.8) is 0 Å². The van der Waals surface area contributed by atoms with Crippen LogP contribution in [-0.2, 0) is 25.7 Å². The first kappa shape index (κ1) is 30.1. The zero-order chi connectivity index (χ0) is 23.6. The Bertz CT molecular complexity index is 924. The number of nitrogens with zero attached hydrogens (tertiary/aromatic N) is 1. The van der Waals surface area contributed by atoms with Gasteiger partial charge in [-0.05, 0) is 24.1 Å². The van der Waals surface area contributed by atoms with Gasteiger partial charge in [-0.3, -0.25) is 19.2 Å². The van der Waals surface area contributed by atoms with Crippen molar-refractivity contribution in [1.82, 2.24) is 0 Å². The molecule has 2 saturated heterocycles. The molecule has 9 nitrogen and oxygen atoms in total. The molecule has 11 heteroatoms. The fourth-order valence-corrected chi connectivity index (χ4v) is 5.53. The quantitative estimate of drug-likeness (QED) is 0.243. The van der Waals surface area contributed by atoms with Gasteiger partial charge in [0.1, 0.15) is 6.54 Å². The highest BCUT2D eigenvalue weighted by molar-refractivity contribution is 8.93. The number of ether oxygens (including phenoxy) is 2. The summed E-state index contributed by atoms with van der Waals surface area (Å²) < 4.78 is 11.1. The van der Waals surface area contributed by atoms with E-state index in [0.29, 0.717) is 19.4 Å². The van der Waals surface area contributed by atoms with E-state index in [1.807, 2.05) is 6.07 Å². The van der Waals surface area contributed by atoms with E-state index in [9.17, 15) is 24.3 Å². The second kappa shape index (κ2) is 12.1. The summed E-state index contributed by atoms with van der Waals surface area (Å²) in [7, 11) is 2.15. The van der Waals surface area contributed by atoms with E-state index in [4.69, 9.17) is 14.6 Å². The average Bonchev–Trinajstić information content (AvgIpc) is 2.84. The Morgan fingerprint density at radius 1 is 1.00 bits per heavy atom. The Kier molecular flexibility index (Phi) is 10.7. The molecule has 0 saturated carbocycles. The largest absolute Gasteiger partial charge is 1.00 e. The van der Waals surface area contributed by atoms with E-state index in [1.165, 1.54) is 13.8 Å². The molecule has 0 aliphatic carbocycles. The monoisotopic (exact) mass is 607 g/mol. The predicted octanol–water partition coefficient (Wildman–Crippen LogP) is 0.182. The van der Waals surface area contributed by atoms with Gasteiger partial charge < -0.3 is 41.2 Å². The minimum atomic E-state index is -1.08. The van der Waals surface area contributed by atoms with E-state index < -0.39 is 29.8 Å². The van der Waals surface area contributed by atoms with Crippen LogP contribution in [0.5, 0.6) is 11.5 Å². The first-order valence-electron chi connectivity index (χ1n) is 10.8. The molecule has 0 radical (unpaired) electrons. The lowest BCUT2D eigenvalue weighted by molar-refractivity contribution is -0.962. The number of carboxylic acids is 2. The molecule has 1 aromatic carbocycles. The number of fused-ring (bicyclic) bond motifs is 2. The molecule has 3 atom stereocenters. The van der Waals surface area contributed by atoms with Crippen LogP contribution in [0, 0.1) is 11.8 Å². The molecule has 190 valence electrons. The van der Waals surface area contributed by atoms with Crippen molar-refractivity contribution in [2.24, 2.45) is 11.8 Å². The summed E-state index contributed by atoms with van der Waals surface area (Å²) in [5, 5.41) is 18.7. The van der Waals surface area contributed by atoms with E-state index in [1.54, 1.807) is 12.1 Å². The molecule has 3 unspecified atom stereocenters. The van der Waals surface area contributed by atoms with Gasteiger partial charge in [-0.15, -0.1) is 17.0 Å². The van der Waals surface area contributed by atoms with Crippen LogP contribution >= 0.6 is 17.0 Å². The smallest absolute Gasteiger partial charge is 0.308 e. The number of halogens is 2. The van der Waals surface area contributed by atoms with Gasteiger partial charge in [0.2, 0.25) is 0 Å². The molecule has 1 aromatic rings. The van der Waals surface area contributed by atoms with Crippen molar-refractivity contribution < 1.29 is 60.3 Å². The number of esters is 2. The van der Waals surface area contributed by atoms with E-state index in [2.05, 4.69) is 7.05 Å². The number of hydrogen-bond acceptors (Lipinski definition) is 6. The van der Waals surface area contributed by atoms with E-state index in [0.717, 1.165) is 22.9 Å². The molecule has 0 spiro atoms.